The normalized spacial score (nSPS) is 12.0. The fourth-order valence-corrected chi connectivity index (χ4v) is 2.37. The quantitative estimate of drug-likeness (QED) is 0.629. The Bertz CT molecular complexity index is 727. The van der Waals surface area contributed by atoms with Gasteiger partial charge in [-0.1, -0.05) is 50.2 Å². The molecule has 2 rings (SSSR count). The van der Waals surface area contributed by atoms with Crippen LogP contribution in [0.15, 0.2) is 48.5 Å². The second-order valence-electron chi connectivity index (χ2n) is 5.91. The lowest BCUT2D eigenvalue weighted by Gasteiger charge is -2.14. The lowest BCUT2D eigenvalue weighted by molar-refractivity contribution is -0.385. The second-order valence-corrected chi connectivity index (χ2v) is 5.91. The van der Waals surface area contributed by atoms with Crippen molar-refractivity contribution in [3.8, 4) is 0 Å². The summed E-state index contributed by atoms with van der Waals surface area (Å²) in [5.74, 6) is -0.0647. The predicted molar refractivity (Wildman–Crippen MR) is 92.9 cm³/mol. The van der Waals surface area contributed by atoms with Gasteiger partial charge in [-0.15, -0.1) is 0 Å². The van der Waals surface area contributed by atoms with Crippen LogP contribution in [0.2, 0.25) is 0 Å². The van der Waals surface area contributed by atoms with Crippen LogP contribution in [-0.2, 0) is 0 Å². The number of nitrogens with zero attached hydrogens (tertiary/aromatic N) is 1. The molecule has 1 atom stereocenters. The second kappa shape index (κ2) is 7.70. The number of para-hydroxylation sites is 1. The van der Waals surface area contributed by atoms with Gasteiger partial charge in [0.25, 0.3) is 11.6 Å². The van der Waals surface area contributed by atoms with Gasteiger partial charge in [-0.25, -0.2) is 0 Å². The molecule has 0 aromatic heterocycles. The molecule has 6 nitrogen and oxygen atoms in total. The predicted octanol–water partition coefficient (Wildman–Crippen LogP) is 3.15. The van der Waals surface area contributed by atoms with E-state index < -0.39 is 10.8 Å². The molecule has 0 heterocycles. The van der Waals surface area contributed by atoms with Crippen LogP contribution in [0.25, 0.3) is 0 Å². The van der Waals surface area contributed by atoms with E-state index in [0.717, 1.165) is 5.56 Å². The Morgan fingerprint density at radius 1 is 1.12 bits per heavy atom. The van der Waals surface area contributed by atoms with Gasteiger partial charge in [0.2, 0.25) is 0 Å². The Morgan fingerprint density at radius 2 is 1.71 bits per heavy atom. The third-order valence-corrected chi connectivity index (χ3v) is 3.86. The van der Waals surface area contributed by atoms with Crippen molar-refractivity contribution in [2.75, 3.05) is 6.54 Å². The smallest absolute Gasteiger partial charge is 0.282 e. The number of benzene rings is 2. The Morgan fingerprint density at radius 3 is 2.29 bits per heavy atom. The van der Waals surface area contributed by atoms with E-state index in [1.54, 1.807) is 6.07 Å². The summed E-state index contributed by atoms with van der Waals surface area (Å²) < 4.78 is 0. The zero-order valence-electron chi connectivity index (χ0n) is 13.7. The molecular formula is C18H21N3O3. The minimum atomic E-state index is -0.570. The fourth-order valence-electron chi connectivity index (χ4n) is 2.37. The molecule has 6 heteroatoms. The summed E-state index contributed by atoms with van der Waals surface area (Å²) in [6.07, 6.45) is 0. The fraction of sp³-hybridized carbons (Fsp3) is 0.278. The van der Waals surface area contributed by atoms with Crippen molar-refractivity contribution in [1.82, 2.24) is 5.32 Å². The molecule has 24 heavy (non-hydrogen) atoms. The molecule has 0 saturated heterocycles. The highest BCUT2D eigenvalue weighted by Crippen LogP contribution is 2.19. The van der Waals surface area contributed by atoms with Crippen molar-refractivity contribution in [1.29, 1.82) is 0 Å². The van der Waals surface area contributed by atoms with Gasteiger partial charge in [0.1, 0.15) is 5.56 Å². The lowest BCUT2D eigenvalue weighted by Crippen LogP contribution is -2.32. The molecule has 0 bridgehead atoms. The zero-order chi connectivity index (χ0) is 17.7. The molecule has 2 aromatic carbocycles. The van der Waals surface area contributed by atoms with Gasteiger partial charge < -0.3 is 11.1 Å². The minimum absolute atomic E-state index is 0.0323. The van der Waals surface area contributed by atoms with E-state index in [1.807, 2.05) is 24.3 Å². The van der Waals surface area contributed by atoms with Crippen LogP contribution in [0.1, 0.15) is 47.3 Å². The molecule has 0 fully saturated rings. The Labute approximate surface area is 140 Å². The molecule has 126 valence electrons. The maximum atomic E-state index is 12.2. The molecule has 0 aliphatic heterocycles. The van der Waals surface area contributed by atoms with Gasteiger partial charge in [0.15, 0.2) is 0 Å². The number of hydrogen-bond acceptors (Lipinski definition) is 4. The molecular weight excluding hydrogens is 306 g/mol. The summed E-state index contributed by atoms with van der Waals surface area (Å²) in [7, 11) is 0. The zero-order valence-corrected chi connectivity index (χ0v) is 13.7. The first-order chi connectivity index (χ1) is 11.4. The van der Waals surface area contributed by atoms with Crippen molar-refractivity contribution in [3.63, 3.8) is 0 Å². The highest BCUT2D eigenvalue weighted by atomic mass is 16.6. The summed E-state index contributed by atoms with van der Waals surface area (Å²) in [6, 6.07) is 13.4. The SMILES string of the molecule is CC(C)c1ccc(C(N)CNC(=O)c2ccccc2[N+](=O)[O-])cc1. The number of nitro groups is 1. The molecule has 0 aliphatic carbocycles. The van der Waals surface area contributed by atoms with E-state index in [-0.39, 0.29) is 23.8 Å². The summed E-state index contributed by atoms with van der Waals surface area (Å²) in [5.41, 5.74) is 8.03. The van der Waals surface area contributed by atoms with Crippen LogP contribution < -0.4 is 11.1 Å². The largest absolute Gasteiger partial charge is 0.350 e. The molecule has 2 aromatic rings. The molecule has 0 aliphatic rings. The maximum Gasteiger partial charge on any atom is 0.282 e. The average molecular weight is 327 g/mol. The molecule has 0 radical (unpaired) electrons. The number of nitrogens with one attached hydrogen (secondary N) is 1. The topological polar surface area (TPSA) is 98.3 Å². The van der Waals surface area contributed by atoms with Gasteiger partial charge in [0, 0.05) is 18.7 Å². The van der Waals surface area contributed by atoms with Crippen LogP contribution in [-0.4, -0.2) is 17.4 Å². The van der Waals surface area contributed by atoms with E-state index in [9.17, 15) is 14.9 Å². The van der Waals surface area contributed by atoms with Crippen LogP contribution in [0.5, 0.6) is 0 Å². The standard InChI is InChI=1S/C18H21N3O3/c1-12(2)13-7-9-14(10-8-13)16(19)11-20-18(22)15-5-3-4-6-17(15)21(23)24/h3-10,12,16H,11,19H2,1-2H3,(H,20,22). The van der Waals surface area contributed by atoms with Gasteiger partial charge in [0.05, 0.1) is 4.92 Å². The molecule has 1 amide bonds. The first kappa shape index (κ1) is 17.6. The van der Waals surface area contributed by atoms with Crippen LogP contribution in [0.4, 0.5) is 5.69 Å². The highest BCUT2D eigenvalue weighted by Gasteiger charge is 2.19. The number of carbonyl (C=O) groups is 1. The van der Waals surface area contributed by atoms with E-state index in [1.165, 1.54) is 23.8 Å². The van der Waals surface area contributed by atoms with E-state index in [2.05, 4.69) is 19.2 Å². The molecule has 0 spiro atoms. The number of nitrogens with two attached hydrogens (primary N) is 1. The van der Waals surface area contributed by atoms with Gasteiger partial charge in [-0.2, -0.15) is 0 Å². The molecule has 1 unspecified atom stereocenters. The van der Waals surface area contributed by atoms with Crippen molar-refractivity contribution in [2.45, 2.75) is 25.8 Å². The van der Waals surface area contributed by atoms with Crippen LogP contribution in [0, 0.1) is 10.1 Å². The monoisotopic (exact) mass is 327 g/mol. The summed E-state index contributed by atoms with van der Waals surface area (Å²) in [5, 5.41) is 13.6. The first-order valence-electron chi connectivity index (χ1n) is 7.77. The average Bonchev–Trinajstić information content (AvgIpc) is 2.59. The first-order valence-corrected chi connectivity index (χ1v) is 7.77. The number of nitro benzene ring substituents is 1. The van der Waals surface area contributed by atoms with E-state index >= 15 is 0 Å². The van der Waals surface area contributed by atoms with Gasteiger partial charge in [-0.3, -0.25) is 14.9 Å². The molecule has 0 saturated carbocycles. The Hall–Kier alpha value is -2.73. The van der Waals surface area contributed by atoms with E-state index in [4.69, 9.17) is 5.73 Å². The minimum Gasteiger partial charge on any atom is -0.350 e. The number of amides is 1. The van der Waals surface area contributed by atoms with Crippen molar-refractivity contribution in [2.24, 2.45) is 5.73 Å². The Balaban J connectivity index is 2.02. The number of carbonyl (C=O) groups excluding carboxylic acids is 1. The van der Waals surface area contributed by atoms with Gasteiger partial charge >= 0.3 is 0 Å². The highest BCUT2D eigenvalue weighted by molar-refractivity contribution is 5.98. The van der Waals surface area contributed by atoms with Crippen LogP contribution >= 0.6 is 0 Å². The lowest BCUT2D eigenvalue weighted by atomic mass is 9.99. The summed E-state index contributed by atoms with van der Waals surface area (Å²) >= 11 is 0. The van der Waals surface area contributed by atoms with Gasteiger partial charge in [-0.05, 0) is 23.1 Å². The van der Waals surface area contributed by atoms with E-state index in [0.29, 0.717) is 5.92 Å². The Kier molecular flexibility index (Phi) is 5.65. The number of rotatable bonds is 6. The summed E-state index contributed by atoms with van der Waals surface area (Å²) in [4.78, 5) is 22.6. The third-order valence-electron chi connectivity index (χ3n) is 3.86. The van der Waals surface area contributed by atoms with Crippen molar-refractivity contribution in [3.05, 3.63) is 75.3 Å². The maximum absolute atomic E-state index is 12.2. The molecule has 3 N–H and O–H groups in total. The number of hydrogen-bond donors (Lipinski definition) is 2. The summed E-state index contributed by atoms with van der Waals surface area (Å²) in [6.45, 7) is 4.43. The van der Waals surface area contributed by atoms with Crippen LogP contribution in [0.3, 0.4) is 0 Å². The van der Waals surface area contributed by atoms with Crippen molar-refractivity contribution < 1.29 is 9.72 Å². The van der Waals surface area contributed by atoms with Crippen molar-refractivity contribution >= 4 is 11.6 Å². The third kappa shape index (κ3) is 4.17.